The topological polar surface area (TPSA) is 77.2 Å². The average Bonchev–Trinajstić information content (AvgIpc) is 3.03. The van der Waals surface area contributed by atoms with Gasteiger partial charge in [0, 0.05) is 19.4 Å². The lowest BCUT2D eigenvalue weighted by molar-refractivity contribution is -0.159. The molecule has 2 aromatic rings. The van der Waals surface area contributed by atoms with Gasteiger partial charge in [-0.25, -0.2) is 0 Å². The van der Waals surface area contributed by atoms with Crippen molar-refractivity contribution >= 4 is 5.91 Å². The van der Waals surface area contributed by atoms with Crippen LogP contribution in [0.1, 0.15) is 29.3 Å². The molecule has 0 spiro atoms. The number of aryl methyl sites for hydroxylation is 2. The maximum absolute atomic E-state index is 12.3. The highest BCUT2D eigenvalue weighted by Gasteiger charge is 2.38. The molecule has 0 bridgehead atoms. The number of benzene rings is 1. The van der Waals surface area contributed by atoms with Crippen molar-refractivity contribution in [2.75, 3.05) is 13.7 Å². The molecule has 1 aromatic carbocycles. The molecule has 9 heteroatoms. The van der Waals surface area contributed by atoms with Crippen molar-refractivity contribution in [2.24, 2.45) is 0 Å². The fraction of sp³-hybridized carbons (Fsp3) is 0.438. The summed E-state index contributed by atoms with van der Waals surface area (Å²) in [6.45, 7) is 2.06. The molecule has 1 aromatic heterocycles. The summed E-state index contributed by atoms with van der Waals surface area (Å²) in [5.41, 5.74) is 1.97. The van der Waals surface area contributed by atoms with Gasteiger partial charge in [-0.05, 0) is 30.5 Å². The van der Waals surface area contributed by atoms with E-state index in [1.807, 2.05) is 25.1 Å². The van der Waals surface area contributed by atoms with E-state index >= 15 is 0 Å². The van der Waals surface area contributed by atoms with Gasteiger partial charge in [0.1, 0.15) is 5.75 Å². The number of nitrogens with one attached hydrogen (secondary N) is 1. The predicted molar refractivity (Wildman–Crippen MR) is 82.1 cm³/mol. The van der Waals surface area contributed by atoms with Crippen molar-refractivity contribution in [3.8, 4) is 5.75 Å². The van der Waals surface area contributed by atoms with Crippen LogP contribution < -0.4 is 10.1 Å². The molecule has 0 aliphatic carbocycles. The highest BCUT2D eigenvalue weighted by Crippen LogP contribution is 2.27. The van der Waals surface area contributed by atoms with E-state index in [1.54, 1.807) is 7.11 Å². The number of alkyl halides is 3. The van der Waals surface area contributed by atoms with Crippen molar-refractivity contribution in [1.82, 2.24) is 15.5 Å². The molecular formula is C16H18F3N3O3. The van der Waals surface area contributed by atoms with Gasteiger partial charge in [0.15, 0.2) is 5.82 Å². The molecule has 1 N–H and O–H groups in total. The van der Waals surface area contributed by atoms with Gasteiger partial charge in [0.25, 0.3) is 0 Å². The first kappa shape index (κ1) is 18.8. The standard InChI is InChI=1S/C16H18F3N3O3/c1-10-3-4-11(9-12(10)24-2)5-6-14(23)20-8-7-13-21-15(25-22-13)16(17,18)19/h3-4,9H,5-8H2,1-2H3,(H,20,23). The van der Waals surface area contributed by atoms with Crippen LogP contribution in [-0.2, 0) is 23.8 Å². The van der Waals surface area contributed by atoms with E-state index in [1.165, 1.54) is 0 Å². The van der Waals surface area contributed by atoms with E-state index in [0.29, 0.717) is 6.42 Å². The third-order valence-corrected chi connectivity index (χ3v) is 3.49. The Morgan fingerprint density at radius 2 is 2.08 bits per heavy atom. The second-order valence-corrected chi connectivity index (χ2v) is 5.42. The number of carbonyl (C=O) groups is 1. The van der Waals surface area contributed by atoms with Crippen LogP contribution in [0.25, 0.3) is 0 Å². The normalized spacial score (nSPS) is 11.4. The van der Waals surface area contributed by atoms with Gasteiger partial charge in [-0.15, -0.1) is 0 Å². The number of ether oxygens (including phenoxy) is 1. The lowest BCUT2D eigenvalue weighted by Gasteiger charge is -2.08. The maximum atomic E-state index is 12.3. The molecule has 0 saturated heterocycles. The van der Waals surface area contributed by atoms with E-state index in [4.69, 9.17) is 4.74 Å². The molecule has 0 aliphatic heterocycles. The van der Waals surface area contributed by atoms with E-state index in [2.05, 4.69) is 20.0 Å². The number of methoxy groups -OCH3 is 1. The lowest BCUT2D eigenvalue weighted by Crippen LogP contribution is -2.26. The van der Waals surface area contributed by atoms with Crippen LogP contribution in [0.15, 0.2) is 22.7 Å². The van der Waals surface area contributed by atoms with Gasteiger partial charge in [0.05, 0.1) is 7.11 Å². The molecule has 136 valence electrons. The summed E-state index contributed by atoms with van der Waals surface area (Å²) in [6.07, 6.45) is -3.82. The van der Waals surface area contributed by atoms with Crippen LogP contribution in [0.5, 0.6) is 5.75 Å². The van der Waals surface area contributed by atoms with Crippen molar-refractivity contribution < 1.29 is 27.2 Å². The fourth-order valence-corrected chi connectivity index (χ4v) is 2.15. The molecule has 0 fully saturated rings. The van der Waals surface area contributed by atoms with E-state index in [-0.39, 0.29) is 31.1 Å². The second-order valence-electron chi connectivity index (χ2n) is 5.42. The minimum Gasteiger partial charge on any atom is -0.496 e. The molecule has 0 atom stereocenters. The van der Waals surface area contributed by atoms with Crippen LogP contribution in [-0.4, -0.2) is 29.7 Å². The maximum Gasteiger partial charge on any atom is 0.471 e. The van der Waals surface area contributed by atoms with Crippen LogP contribution in [0.4, 0.5) is 13.2 Å². The van der Waals surface area contributed by atoms with Crippen molar-refractivity contribution in [3.05, 3.63) is 41.0 Å². The molecule has 1 amide bonds. The number of amides is 1. The molecule has 2 rings (SSSR count). The fourth-order valence-electron chi connectivity index (χ4n) is 2.15. The van der Waals surface area contributed by atoms with Gasteiger partial charge >= 0.3 is 12.1 Å². The monoisotopic (exact) mass is 357 g/mol. The summed E-state index contributed by atoms with van der Waals surface area (Å²) < 4.78 is 46.3. The first-order chi connectivity index (χ1) is 11.8. The molecule has 0 radical (unpaired) electrons. The van der Waals surface area contributed by atoms with Crippen molar-refractivity contribution in [3.63, 3.8) is 0 Å². The smallest absolute Gasteiger partial charge is 0.471 e. The van der Waals surface area contributed by atoms with E-state index in [0.717, 1.165) is 16.9 Å². The molecule has 1 heterocycles. The summed E-state index contributed by atoms with van der Waals surface area (Å²) in [6, 6.07) is 5.71. The lowest BCUT2D eigenvalue weighted by atomic mass is 10.1. The minimum atomic E-state index is -4.66. The minimum absolute atomic E-state index is 0.0592. The summed E-state index contributed by atoms with van der Waals surface area (Å²) in [5, 5.41) is 5.85. The largest absolute Gasteiger partial charge is 0.496 e. The molecule has 0 unspecified atom stereocenters. The number of nitrogens with zero attached hydrogens (tertiary/aromatic N) is 2. The molecule has 0 saturated carbocycles. The first-order valence-corrected chi connectivity index (χ1v) is 7.59. The number of halogens is 3. The highest BCUT2D eigenvalue weighted by molar-refractivity contribution is 5.76. The van der Waals surface area contributed by atoms with E-state index in [9.17, 15) is 18.0 Å². The Bertz CT molecular complexity index is 729. The quantitative estimate of drug-likeness (QED) is 0.824. The Morgan fingerprint density at radius 3 is 2.72 bits per heavy atom. The number of carbonyl (C=O) groups excluding carboxylic acids is 1. The van der Waals surface area contributed by atoms with Gasteiger partial charge < -0.3 is 14.6 Å². The van der Waals surface area contributed by atoms with Crippen LogP contribution in [0, 0.1) is 6.92 Å². The van der Waals surface area contributed by atoms with Gasteiger partial charge in [-0.3, -0.25) is 4.79 Å². The molecule has 6 nitrogen and oxygen atoms in total. The number of hydrogen-bond donors (Lipinski definition) is 1. The van der Waals surface area contributed by atoms with Crippen LogP contribution >= 0.6 is 0 Å². The Morgan fingerprint density at radius 1 is 1.32 bits per heavy atom. The zero-order valence-corrected chi connectivity index (χ0v) is 13.8. The van der Waals surface area contributed by atoms with Crippen LogP contribution in [0.2, 0.25) is 0 Å². The number of rotatable bonds is 7. The summed E-state index contributed by atoms with van der Waals surface area (Å²) >= 11 is 0. The van der Waals surface area contributed by atoms with Crippen molar-refractivity contribution in [2.45, 2.75) is 32.4 Å². The Kier molecular flexibility index (Phi) is 6.00. The third kappa shape index (κ3) is 5.47. The first-order valence-electron chi connectivity index (χ1n) is 7.59. The Balaban J connectivity index is 1.75. The Labute approximate surface area is 142 Å². The summed E-state index contributed by atoms with van der Waals surface area (Å²) in [7, 11) is 1.58. The summed E-state index contributed by atoms with van der Waals surface area (Å²) in [4.78, 5) is 15.0. The highest BCUT2D eigenvalue weighted by atomic mass is 19.4. The van der Waals surface area contributed by atoms with Gasteiger partial charge in [0.2, 0.25) is 5.91 Å². The SMILES string of the molecule is COc1cc(CCC(=O)NCCc2noc(C(F)(F)F)n2)ccc1C. The molecular weight excluding hydrogens is 339 g/mol. The molecule has 0 aliphatic rings. The molecule has 25 heavy (non-hydrogen) atoms. The zero-order chi connectivity index (χ0) is 18.4. The summed E-state index contributed by atoms with van der Waals surface area (Å²) in [5.74, 6) is -0.937. The Hall–Kier alpha value is -2.58. The number of aromatic nitrogens is 2. The van der Waals surface area contributed by atoms with Crippen molar-refractivity contribution in [1.29, 1.82) is 0 Å². The number of hydrogen-bond acceptors (Lipinski definition) is 5. The third-order valence-electron chi connectivity index (χ3n) is 3.49. The second kappa shape index (κ2) is 8.00. The predicted octanol–water partition coefficient (Wildman–Crippen LogP) is 2.70. The van der Waals surface area contributed by atoms with Crippen LogP contribution in [0.3, 0.4) is 0 Å². The van der Waals surface area contributed by atoms with Gasteiger partial charge in [-0.2, -0.15) is 18.2 Å². The van der Waals surface area contributed by atoms with Gasteiger partial charge in [-0.1, -0.05) is 17.3 Å². The zero-order valence-electron chi connectivity index (χ0n) is 13.8. The average molecular weight is 357 g/mol. The van der Waals surface area contributed by atoms with E-state index < -0.39 is 12.1 Å².